The smallest absolute Gasteiger partial charge is 0.271 e. The monoisotopic (exact) mass is 259 g/mol. The lowest BCUT2D eigenvalue weighted by Crippen LogP contribution is -2.30. The Kier molecular flexibility index (Phi) is 3.92. The first-order valence-electron chi connectivity index (χ1n) is 5.50. The standard InChI is InChI=1S/C13H10FN3O2/c14-10-3-1-9(2-4-10)12(18)8-17-13(19)11-7-15-5-6-16-11/h1-7H,8H2,(H,17,19). The number of Topliss-reactive ketones (excluding diaryl/α,β-unsaturated/α-hetero) is 1. The third-order valence-corrected chi connectivity index (χ3v) is 2.37. The number of halogens is 1. The summed E-state index contributed by atoms with van der Waals surface area (Å²) in [5.41, 5.74) is 0.468. The van der Waals surface area contributed by atoms with E-state index in [1.807, 2.05) is 0 Å². The van der Waals surface area contributed by atoms with E-state index in [4.69, 9.17) is 0 Å². The van der Waals surface area contributed by atoms with E-state index in [0.29, 0.717) is 5.56 Å². The summed E-state index contributed by atoms with van der Waals surface area (Å²) in [4.78, 5) is 30.9. The number of carbonyl (C=O) groups excluding carboxylic acids is 2. The molecule has 6 heteroatoms. The van der Waals surface area contributed by atoms with Crippen LogP contribution in [0.25, 0.3) is 0 Å². The Labute approximate surface area is 108 Å². The van der Waals surface area contributed by atoms with Crippen molar-refractivity contribution < 1.29 is 14.0 Å². The highest BCUT2D eigenvalue weighted by Gasteiger charge is 2.10. The summed E-state index contributed by atoms with van der Waals surface area (Å²) in [7, 11) is 0. The van der Waals surface area contributed by atoms with Gasteiger partial charge in [0.25, 0.3) is 5.91 Å². The maximum Gasteiger partial charge on any atom is 0.271 e. The van der Waals surface area contributed by atoms with E-state index in [9.17, 15) is 14.0 Å². The molecule has 2 aromatic rings. The van der Waals surface area contributed by atoms with Gasteiger partial charge < -0.3 is 5.32 Å². The second-order valence-corrected chi connectivity index (χ2v) is 3.70. The minimum Gasteiger partial charge on any atom is -0.343 e. The Morgan fingerprint density at radius 3 is 2.53 bits per heavy atom. The summed E-state index contributed by atoms with van der Waals surface area (Å²) < 4.78 is 12.7. The van der Waals surface area contributed by atoms with E-state index >= 15 is 0 Å². The quantitative estimate of drug-likeness (QED) is 0.838. The molecule has 0 aliphatic rings. The van der Waals surface area contributed by atoms with Crippen LogP contribution in [0.4, 0.5) is 4.39 Å². The van der Waals surface area contributed by atoms with Crippen molar-refractivity contribution in [3.63, 3.8) is 0 Å². The van der Waals surface area contributed by atoms with Crippen molar-refractivity contribution in [3.05, 3.63) is 59.9 Å². The molecule has 1 heterocycles. The molecule has 0 saturated carbocycles. The van der Waals surface area contributed by atoms with E-state index in [2.05, 4.69) is 15.3 Å². The van der Waals surface area contributed by atoms with Crippen molar-refractivity contribution in [2.24, 2.45) is 0 Å². The summed E-state index contributed by atoms with van der Waals surface area (Å²) in [5, 5.41) is 2.43. The first kappa shape index (κ1) is 12.8. The minimum absolute atomic E-state index is 0.134. The second-order valence-electron chi connectivity index (χ2n) is 3.70. The van der Waals surface area contributed by atoms with Crippen LogP contribution < -0.4 is 5.32 Å². The molecule has 0 saturated heterocycles. The Balaban J connectivity index is 1.94. The highest BCUT2D eigenvalue weighted by atomic mass is 19.1. The van der Waals surface area contributed by atoms with Crippen LogP contribution in [0.15, 0.2) is 42.9 Å². The van der Waals surface area contributed by atoms with Crippen molar-refractivity contribution in [1.29, 1.82) is 0 Å². The molecule has 0 bridgehead atoms. The van der Waals surface area contributed by atoms with E-state index in [0.717, 1.165) is 0 Å². The average molecular weight is 259 g/mol. The lowest BCUT2D eigenvalue weighted by Gasteiger charge is -2.03. The molecule has 2 rings (SSSR count). The molecule has 0 spiro atoms. The van der Waals surface area contributed by atoms with Crippen LogP contribution in [0.3, 0.4) is 0 Å². The topological polar surface area (TPSA) is 72.0 Å². The molecule has 96 valence electrons. The molecule has 0 unspecified atom stereocenters. The zero-order valence-electron chi connectivity index (χ0n) is 9.84. The van der Waals surface area contributed by atoms with Gasteiger partial charge in [-0.25, -0.2) is 9.37 Å². The Bertz CT molecular complexity index is 585. The molecule has 0 atom stereocenters. The lowest BCUT2D eigenvalue weighted by atomic mass is 10.1. The number of benzene rings is 1. The maximum absolute atomic E-state index is 12.7. The summed E-state index contributed by atoms with van der Waals surface area (Å²) in [6.45, 7) is -0.180. The van der Waals surface area contributed by atoms with Gasteiger partial charge in [-0.05, 0) is 24.3 Å². The number of carbonyl (C=O) groups is 2. The van der Waals surface area contributed by atoms with Crippen molar-refractivity contribution in [2.75, 3.05) is 6.54 Å². The number of ketones is 1. The zero-order chi connectivity index (χ0) is 13.7. The van der Waals surface area contributed by atoms with E-state index < -0.39 is 11.7 Å². The molecule has 0 aliphatic heterocycles. The van der Waals surface area contributed by atoms with E-state index in [-0.39, 0.29) is 18.0 Å². The predicted octanol–water partition coefficient (Wildman–Crippen LogP) is 1.23. The predicted molar refractivity (Wildman–Crippen MR) is 65.1 cm³/mol. The number of aromatic nitrogens is 2. The number of hydrogen-bond acceptors (Lipinski definition) is 4. The summed E-state index contributed by atoms with van der Waals surface area (Å²) in [6.07, 6.45) is 4.13. The highest BCUT2D eigenvalue weighted by Crippen LogP contribution is 2.03. The SMILES string of the molecule is O=C(CNC(=O)c1cnccn1)c1ccc(F)cc1. The third-order valence-electron chi connectivity index (χ3n) is 2.37. The molecule has 1 aromatic carbocycles. The van der Waals surface area contributed by atoms with Crippen molar-refractivity contribution >= 4 is 11.7 Å². The van der Waals surface area contributed by atoms with Gasteiger partial charge >= 0.3 is 0 Å². The summed E-state index contributed by atoms with van der Waals surface area (Å²) >= 11 is 0. The third kappa shape index (κ3) is 3.41. The van der Waals surface area contributed by atoms with Gasteiger partial charge in [0, 0.05) is 18.0 Å². The largest absolute Gasteiger partial charge is 0.343 e. The van der Waals surface area contributed by atoms with Crippen LogP contribution in [-0.4, -0.2) is 28.2 Å². The van der Waals surface area contributed by atoms with Gasteiger partial charge in [-0.3, -0.25) is 14.6 Å². The Morgan fingerprint density at radius 2 is 1.89 bits per heavy atom. The number of rotatable bonds is 4. The minimum atomic E-state index is -0.483. The van der Waals surface area contributed by atoms with Crippen molar-refractivity contribution in [3.8, 4) is 0 Å². The summed E-state index contributed by atoms with van der Waals surface area (Å²) in [6, 6.07) is 5.12. The highest BCUT2D eigenvalue weighted by molar-refractivity contribution is 6.01. The molecule has 1 N–H and O–H groups in total. The van der Waals surface area contributed by atoms with Gasteiger partial charge in [0.1, 0.15) is 11.5 Å². The van der Waals surface area contributed by atoms with Crippen LogP contribution >= 0.6 is 0 Å². The first-order valence-corrected chi connectivity index (χ1v) is 5.50. The number of amides is 1. The molecule has 0 fully saturated rings. The van der Waals surface area contributed by atoms with Gasteiger partial charge in [-0.2, -0.15) is 0 Å². The van der Waals surface area contributed by atoms with Crippen LogP contribution in [0.5, 0.6) is 0 Å². The zero-order valence-corrected chi connectivity index (χ0v) is 9.84. The van der Waals surface area contributed by atoms with E-state index in [1.54, 1.807) is 0 Å². The fourth-order valence-corrected chi connectivity index (χ4v) is 1.41. The van der Waals surface area contributed by atoms with Gasteiger partial charge in [0.2, 0.25) is 0 Å². The molecular formula is C13H10FN3O2. The van der Waals surface area contributed by atoms with E-state index in [1.165, 1.54) is 42.9 Å². The second kappa shape index (κ2) is 5.81. The number of nitrogens with one attached hydrogen (secondary N) is 1. The van der Waals surface area contributed by atoms with Gasteiger partial charge in [0.15, 0.2) is 5.78 Å². The maximum atomic E-state index is 12.7. The summed E-state index contributed by atoms with van der Waals surface area (Å²) in [5.74, 6) is -1.21. The van der Waals surface area contributed by atoms with Crippen LogP contribution in [0.1, 0.15) is 20.8 Å². The Morgan fingerprint density at radius 1 is 1.16 bits per heavy atom. The number of nitrogens with zero attached hydrogens (tertiary/aromatic N) is 2. The fraction of sp³-hybridized carbons (Fsp3) is 0.0769. The normalized spacial score (nSPS) is 9.95. The van der Waals surface area contributed by atoms with Gasteiger partial charge in [-0.1, -0.05) is 0 Å². The van der Waals surface area contributed by atoms with Crippen molar-refractivity contribution in [2.45, 2.75) is 0 Å². The Hall–Kier alpha value is -2.63. The first-order chi connectivity index (χ1) is 9.16. The molecule has 19 heavy (non-hydrogen) atoms. The van der Waals surface area contributed by atoms with Gasteiger partial charge in [-0.15, -0.1) is 0 Å². The molecule has 5 nitrogen and oxygen atoms in total. The molecule has 1 amide bonds. The molecule has 0 radical (unpaired) electrons. The van der Waals surface area contributed by atoms with Crippen LogP contribution in [0, 0.1) is 5.82 Å². The molecular weight excluding hydrogens is 249 g/mol. The fourth-order valence-electron chi connectivity index (χ4n) is 1.41. The molecule has 1 aromatic heterocycles. The van der Waals surface area contributed by atoms with Gasteiger partial charge in [0.05, 0.1) is 12.7 Å². The van der Waals surface area contributed by atoms with Crippen LogP contribution in [-0.2, 0) is 0 Å². The average Bonchev–Trinajstić information content (AvgIpc) is 2.46. The van der Waals surface area contributed by atoms with Crippen LogP contribution in [0.2, 0.25) is 0 Å². The molecule has 0 aliphatic carbocycles. The van der Waals surface area contributed by atoms with Crippen molar-refractivity contribution in [1.82, 2.24) is 15.3 Å². The lowest BCUT2D eigenvalue weighted by molar-refractivity contribution is 0.0900. The number of hydrogen-bond donors (Lipinski definition) is 1.